The fourth-order valence-electron chi connectivity index (χ4n) is 0.574. The van der Waals surface area contributed by atoms with Crippen molar-refractivity contribution >= 4 is 17.0 Å². The number of hydrogen-bond acceptors (Lipinski definition) is 2. The van der Waals surface area contributed by atoms with Crippen LogP contribution in [0.25, 0.3) is 0 Å². The van der Waals surface area contributed by atoms with Crippen molar-refractivity contribution in [1.82, 2.24) is 0 Å². The molecule has 1 aromatic rings. The summed E-state index contributed by atoms with van der Waals surface area (Å²) in [5.41, 5.74) is 2.46. The summed E-state index contributed by atoms with van der Waals surface area (Å²) in [5.74, 6) is 0. The van der Waals surface area contributed by atoms with Crippen LogP contribution in [0.5, 0.6) is 0 Å². The van der Waals surface area contributed by atoms with Crippen molar-refractivity contribution < 1.29 is 0 Å². The predicted octanol–water partition coefficient (Wildman–Crippen LogP) is 3.08. The van der Waals surface area contributed by atoms with E-state index in [1.807, 2.05) is 6.20 Å². The van der Waals surface area contributed by atoms with Crippen LogP contribution in [0.2, 0.25) is 0 Å². The van der Waals surface area contributed by atoms with Gasteiger partial charge >= 0.3 is 0 Å². The molecule has 0 aromatic carbocycles. The molecule has 0 fully saturated rings. The summed E-state index contributed by atoms with van der Waals surface area (Å²) in [5, 5.41) is 7.31. The number of allylic oxidation sites excluding steroid dienone is 1. The molecule has 0 radical (unpaired) electrons. The second-order valence-electron chi connectivity index (χ2n) is 2.38. The Labute approximate surface area is 65.4 Å². The Kier molecular flexibility index (Phi) is 2.51. The summed E-state index contributed by atoms with van der Waals surface area (Å²) in [6.45, 7) is 4.14. The molecular formula is C8H11NS. The number of nitrogens with one attached hydrogen (secondary N) is 1. The first kappa shape index (κ1) is 7.35. The van der Waals surface area contributed by atoms with Crippen molar-refractivity contribution in [3.63, 3.8) is 0 Å². The van der Waals surface area contributed by atoms with Crippen molar-refractivity contribution in [1.29, 1.82) is 0 Å². The van der Waals surface area contributed by atoms with Gasteiger partial charge in [-0.25, -0.2) is 0 Å². The summed E-state index contributed by atoms with van der Waals surface area (Å²) in [4.78, 5) is 0. The van der Waals surface area contributed by atoms with E-state index in [-0.39, 0.29) is 0 Å². The summed E-state index contributed by atoms with van der Waals surface area (Å²) in [7, 11) is 0. The van der Waals surface area contributed by atoms with Crippen LogP contribution in [-0.4, -0.2) is 0 Å². The SMILES string of the molecule is CC(C)=CNc1ccsc1. The highest BCUT2D eigenvalue weighted by Crippen LogP contribution is 2.11. The minimum absolute atomic E-state index is 1.17. The number of thiophene rings is 1. The molecule has 2 heteroatoms. The smallest absolute Gasteiger partial charge is 0.0488 e. The van der Waals surface area contributed by atoms with Crippen molar-refractivity contribution in [2.24, 2.45) is 0 Å². The van der Waals surface area contributed by atoms with Gasteiger partial charge < -0.3 is 5.32 Å². The van der Waals surface area contributed by atoms with Crippen molar-refractivity contribution in [3.05, 3.63) is 28.6 Å². The van der Waals surface area contributed by atoms with Gasteiger partial charge in [-0.15, -0.1) is 0 Å². The lowest BCUT2D eigenvalue weighted by atomic mass is 10.4. The van der Waals surface area contributed by atoms with Gasteiger partial charge in [-0.05, 0) is 31.5 Å². The molecule has 0 atom stereocenters. The first-order valence-electron chi connectivity index (χ1n) is 3.21. The van der Waals surface area contributed by atoms with Crippen LogP contribution in [0, 0.1) is 0 Å². The van der Waals surface area contributed by atoms with Gasteiger partial charge in [0, 0.05) is 11.1 Å². The maximum absolute atomic E-state index is 3.17. The first-order valence-corrected chi connectivity index (χ1v) is 4.15. The maximum atomic E-state index is 3.17. The fourth-order valence-corrected chi connectivity index (χ4v) is 1.17. The van der Waals surface area contributed by atoms with E-state index in [0.29, 0.717) is 0 Å². The summed E-state index contributed by atoms with van der Waals surface area (Å²) in [6, 6.07) is 2.06. The second-order valence-corrected chi connectivity index (χ2v) is 3.16. The van der Waals surface area contributed by atoms with E-state index < -0.39 is 0 Å². The maximum Gasteiger partial charge on any atom is 0.0488 e. The summed E-state index contributed by atoms with van der Waals surface area (Å²) in [6.07, 6.45) is 2.00. The Morgan fingerprint density at radius 2 is 2.40 bits per heavy atom. The summed E-state index contributed by atoms with van der Waals surface area (Å²) < 4.78 is 0. The molecule has 0 amide bonds. The Hall–Kier alpha value is -0.760. The van der Waals surface area contributed by atoms with Gasteiger partial charge in [-0.2, -0.15) is 11.3 Å². The van der Waals surface area contributed by atoms with E-state index in [0.717, 1.165) is 0 Å². The van der Waals surface area contributed by atoms with Gasteiger partial charge in [0.2, 0.25) is 0 Å². The molecule has 0 saturated carbocycles. The third-order valence-corrected chi connectivity index (χ3v) is 1.73. The third kappa shape index (κ3) is 2.23. The zero-order valence-electron chi connectivity index (χ0n) is 6.22. The molecule has 1 N–H and O–H groups in total. The Morgan fingerprint density at radius 3 is 2.90 bits per heavy atom. The number of rotatable bonds is 2. The highest BCUT2D eigenvalue weighted by atomic mass is 32.1. The molecule has 1 nitrogen and oxygen atoms in total. The minimum Gasteiger partial charge on any atom is -0.361 e. The Balaban J connectivity index is 2.49. The molecule has 1 rings (SSSR count). The van der Waals surface area contributed by atoms with Gasteiger partial charge in [0.1, 0.15) is 0 Å². The van der Waals surface area contributed by atoms with Gasteiger partial charge in [0.15, 0.2) is 0 Å². The van der Waals surface area contributed by atoms with E-state index in [1.165, 1.54) is 11.3 Å². The van der Waals surface area contributed by atoms with Gasteiger partial charge in [0.05, 0.1) is 0 Å². The topological polar surface area (TPSA) is 12.0 Å². The van der Waals surface area contributed by atoms with Crippen LogP contribution in [-0.2, 0) is 0 Å². The van der Waals surface area contributed by atoms with Crippen molar-refractivity contribution in [2.45, 2.75) is 13.8 Å². The van der Waals surface area contributed by atoms with Gasteiger partial charge in [-0.3, -0.25) is 0 Å². The quantitative estimate of drug-likeness (QED) is 0.688. The van der Waals surface area contributed by atoms with E-state index in [2.05, 4.69) is 36.0 Å². The Morgan fingerprint density at radius 1 is 1.60 bits per heavy atom. The van der Waals surface area contributed by atoms with Gasteiger partial charge in [-0.1, -0.05) is 5.57 Å². The molecule has 0 aliphatic carbocycles. The lowest BCUT2D eigenvalue weighted by molar-refractivity contribution is 1.36. The van der Waals surface area contributed by atoms with Gasteiger partial charge in [0.25, 0.3) is 0 Å². The molecular weight excluding hydrogens is 142 g/mol. The zero-order valence-corrected chi connectivity index (χ0v) is 7.03. The molecule has 1 aromatic heterocycles. The normalized spacial score (nSPS) is 9.00. The molecule has 54 valence electrons. The van der Waals surface area contributed by atoms with Crippen LogP contribution in [0.1, 0.15) is 13.8 Å². The predicted molar refractivity (Wildman–Crippen MR) is 47.4 cm³/mol. The first-order chi connectivity index (χ1) is 4.79. The number of hydrogen-bond donors (Lipinski definition) is 1. The van der Waals surface area contributed by atoms with E-state index in [1.54, 1.807) is 11.3 Å². The molecule has 1 heterocycles. The minimum atomic E-state index is 1.17. The molecule has 0 aliphatic heterocycles. The molecule has 0 saturated heterocycles. The molecule has 10 heavy (non-hydrogen) atoms. The van der Waals surface area contributed by atoms with E-state index in [4.69, 9.17) is 0 Å². The molecule has 0 spiro atoms. The molecule has 0 aliphatic rings. The highest BCUT2D eigenvalue weighted by Gasteiger charge is 1.85. The fraction of sp³-hybridized carbons (Fsp3) is 0.250. The lowest BCUT2D eigenvalue weighted by Gasteiger charge is -1.94. The van der Waals surface area contributed by atoms with E-state index in [9.17, 15) is 0 Å². The van der Waals surface area contributed by atoms with Crippen LogP contribution in [0.3, 0.4) is 0 Å². The van der Waals surface area contributed by atoms with Crippen LogP contribution < -0.4 is 5.32 Å². The number of anilines is 1. The third-order valence-electron chi connectivity index (χ3n) is 1.05. The Bertz CT molecular complexity index is 207. The average molecular weight is 153 g/mol. The largest absolute Gasteiger partial charge is 0.361 e. The van der Waals surface area contributed by atoms with Crippen molar-refractivity contribution in [3.8, 4) is 0 Å². The highest BCUT2D eigenvalue weighted by molar-refractivity contribution is 7.08. The monoisotopic (exact) mass is 153 g/mol. The lowest BCUT2D eigenvalue weighted by Crippen LogP contribution is -1.84. The van der Waals surface area contributed by atoms with E-state index >= 15 is 0 Å². The second kappa shape index (κ2) is 3.42. The average Bonchev–Trinajstić information content (AvgIpc) is 2.34. The van der Waals surface area contributed by atoms with Crippen molar-refractivity contribution in [2.75, 3.05) is 5.32 Å². The molecule has 0 bridgehead atoms. The summed E-state index contributed by atoms with van der Waals surface area (Å²) >= 11 is 1.70. The van der Waals surface area contributed by atoms with Crippen LogP contribution in [0.4, 0.5) is 5.69 Å². The zero-order chi connectivity index (χ0) is 7.40. The molecule has 0 unspecified atom stereocenters. The standard InChI is InChI=1S/C8H11NS/c1-7(2)5-9-8-3-4-10-6-8/h3-6,9H,1-2H3. The van der Waals surface area contributed by atoms with Crippen LogP contribution in [0.15, 0.2) is 28.6 Å². The van der Waals surface area contributed by atoms with Crippen LogP contribution >= 0.6 is 11.3 Å².